The molecule has 2 unspecified atom stereocenters. The topological polar surface area (TPSA) is 43.4 Å². The largest absolute Gasteiger partial charge is 0.462 e. The molecule has 0 aliphatic rings. The third-order valence-corrected chi connectivity index (χ3v) is 3.04. The van der Waals surface area contributed by atoms with Crippen LogP contribution in [0.5, 0.6) is 0 Å². The third kappa shape index (κ3) is 5.58. The minimum absolute atomic E-state index is 0.0675. The van der Waals surface area contributed by atoms with Crippen LogP contribution in [0.4, 0.5) is 0 Å². The maximum absolute atomic E-state index is 10.9. The number of hydrogen-bond donors (Lipinski definition) is 0. The van der Waals surface area contributed by atoms with Gasteiger partial charge < -0.3 is 4.74 Å². The summed E-state index contributed by atoms with van der Waals surface area (Å²) < 4.78 is 15.8. The van der Waals surface area contributed by atoms with E-state index >= 15 is 0 Å². The van der Waals surface area contributed by atoms with Crippen LogP contribution in [0.2, 0.25) is 0 Å². The van der Waals surface area contributed by atoms with Crippen LogP contribution in [0.1, 0.15) is 20.3 Å². The summed E-state index contributed by atoms with van der Waals surface area (Å²) in [6.45, 7) is 7.23. The van der Waals surface area contributed by atoms with Gasteiger partial charge in [-0.3, -0.25) is 4.21 Å². The second kappa shape index (κ2) is 5.91. The van der Waals surface area contributed by atoms with Crippen LogP contribution in [-0.4, -0.2) is 28.3 Å². The molecule has 0 aromatic rings. The van der Waals surface area contributed by atoms with Gasteiger partial charge in [0, 0.05) is 27.9 Å². The number of rotatable bonds is 5. The van der Waals surface area contributed by atoms with Crippen molar-refractivity contribution in [1.82, 2.24) is 0 Å². The van der Waals surface area contributed by atoms with Crippen LogP contribution < -0.4 is 0 Å². The maximum Gasteiger partial charge on any atom is 0.333 e. The molecular weight excluding hydrogens is 188 g/mol. The molecule has 13 heavy (non-hydrogen) atoms. The number of hydrogen-bond acceptors (Lipinski definition) is 3. The van der Waals surface area contributed by atoms with Crippen LogP contribution >= 0.6 is 0 Å². The van der Waals surface area contributed by atoms with Crippen LogP contribution in [0.15, 0.2) is 12.2 Å². The molecule has 0 aliphatic carbocycles. The van der Waals surface area contributed by atoms with Crippen LogP contribution in [0, 0.1) is 0 Å². The molecule has 3 nitrogen and oxygen atoms in total. The normalized spacial score (nSPS) is 14.7. The van der Waals surface area contributed by atoms with Gasteiger partial charge in [0.15, 0.2) is 0 Å². The van der Waals surface area contributed by atoms with Crippen molar-refractivity contribution < 1.29 is 13.7 Å². The summed E-state index contributed by atoms with van der Waals surface area (Å²) in [6.07, 6.45) is 2.27. The van der Waals surface area contributed by atoms with Gasteiger partial charge >= 0.3 is 5.97 Å². The third-order valence-electron chi connectivity index (χ3n) is 1.67. The van der Waals surface area contributed by atoms with Crippen molar-refractivity contribution in [3.05, 3.63) is 12.2 Å². The first-order valence-electron chi connectivity index (χ1n) is 4.10. The minimum Gasteiger partial charge on any atom is -0.462 e. The Morgan fingerprint density at radius 1 is 1.62 bits per heavy atom. The minimum atomic E-state index is -0.849. The molecule has 0 N–H and O–H groups in total. The summed E-state index contributed by atoms with van der Waals surface area (Å²) in [5.41, 5.74) is 0.394. The van der Waals surface area contributed by atoms with Crippen molar-refractivity contribution in [2.75, 3.05) is 12.9 Å². The lowest BCUT2D eigenvalue weighted by molar-refractivity contribution is -0.139. The highest BCUT2D eigenvalue weighted by molar-refractivity contribution is 7.84. The fourth-order valence-corrected chi connectivity index (χ4v) is 1.03. The van der Waals surface area contributed by atoms with Gasteiger partial charge in [0.1, 0.15) is 0 Å². The van der Waals surface area contributed by atoms with Crippen molar-refractivity contribution in [1.29, 1.82) is 0 Å². The summed E-state index contributed by atoms with van der Waals surface area (Å²) in [6, 6.07) is 0. The van der Waals surface area contributed by atoms with Crippen molar-refractivity contribution in [2.24, 2.45) is 0 Å². The lowest BCUT2D eigenvalue weighted by Crippen LogP contribution is -2.14. The number of carbonyl (C=O) groups is 1. The summed E-state index contributed by atoms with van der Waals surface area (Å²) in [7, 11) is -0.849. The molecule has 0 bridgehead atoms. The predicted octanol–water partition coefficient (Wildman–Crippen LogP) is 1.26. The van der Waals surface area contributed by atoms with Crippen LogP contribution in [-0.2, 0) is 20.3 Å². The SMILES string of the molecule is C=C(C)C(=O)OCCC(C)S(C)=O. The van der Waals surface area contributed by atoms with E-state index in [0.717, 1.165) is 0 Å². The van der Waals surface area contributed by atoms with Gasteiger partial charge in [-0.15, -0.1) is 0 Å². The number of ether oxygens (including phenoxy) is 1. The van der Waals surface area contributed by atoms with E-state index in [9.17, 15) is 9.00 Å². The van der Waals surface area contributed by atoms with Crippen molar-refractivity contribution in [3.8, 4) is 0 Å². The molecule has 0 spiro atoms. The Kier molecular flexibility index (Phi) is 5.62. The van der Waals surface area contributed by atoms with Gasteiger partial charge in [0.25, 0.3) is 0 Å². The highest BCUT2D eigenvalue weighted by Crippen LogP contribution is 2.01. The summed E-state index contributed by atoms with van der Waals surface area (Å²) in [5.74, 6) is -0.380. The zero-order chi connectivity index (χ0) is 10.4. The monoisotopic (exact) mass is 204 g/mol. The molecule has 0 saturated carbocycles. The second-order valence-corrected chi connectivity index (χ2v) is 4.82. The lowest BCUT2D eigenvalue weighted by atomic mass is 10.3. The Morgan fingerprint density at radius 3 is 2.54 bits per heavy atom. The molecule has 0 radical (unpaired) electrons. The van der Waals surface area contributed by atoms with E-state index in [1.807, 2.05) is 6.92 Å². The lowest BCUT2D eigenvalue weighted by Gasteiger charge is -2.08. The van der Waals surface area contributed by atoms with Crippen molar-refractivity contribution in [3.63, 3.8) is 0 Å². The van der Waals surface area contributed by atoms with Gasteiger partial charge in [-0.2, -0.15) is 0 Å². The van der Waals surface area contributed by atoms with Gasteiger partial charge in [0.2, 0.25) is 0 Å². The molecule has 76 valence electrons. The molecule has 0 heterocycles. The molecule has 2 atom stereocenters. The number of carbonyl (C=O) groups excluding carboxylic acids is 1. The average Bonchev–Trinajstić information content (AvgIpc) is 2.03. The molecule has 0 fully saturated rings. The summed E-state index contributed by atoms with van der Waals surface area (Å²) >= 11 is 0. The molecule has 0 amide bonds. The molecule has 0 aromatic carbocycles. The van der Waals surface area contributed by atoms with E-state index in [1.165, 1.54) is 0 Å². The Morgan fingerprint density at radius 2 is 2.15 bits per heavy atom. The average molecular weight is 204 g/mol. The van der Waals surface area contributed by atoms with E-state index in [0.29, 0.717) is 18.6 Å². The predicted molar refractivity (Wildman–Crippen MR) is 53.9 cm³/mol. The van der Waals surface area contributed by atoms with Crippen molar-refractivity contribution in [2.45, 2.75) is 25.5 Å². The smallest absolute Gasteiger partial charge is 0.333 e. The van der Waals surface area contributed by atoms with Gasteiger partial charge in [0.05, 0.1) is 6.61 Å². The molecule has 0 saturated heterocycles. The van der Waals surface area contributed by atoms with Crippen LogP contribution in [0.3, 0.4) is 0 Å². The first-order chi connectivity index (χ1) is 5.95. The molecule has 0 rings (SSSR count). The van der Waals surface area contributed by atoms with E-state index in [-0.39, 0.29) is 11.2 Å². The van der Waals surface area contributed by atoms with Crippen LogP contribution in [0.25, 0.3) is 0 Å². The Balaban J connectivity index is 3.62. The Hall–Kier alpha value is -0.640. The van der Waals surface area contributed by atoms with E-state index in [4.69, 9.17) is 4.74 Å². The van der Waals surface area contributed by atoms with Gasteiger partial charge in [-0.1, -0.05) is 13.5 Å². The molecule has 0 aliphatic heterocycles. The van der Waals surface area contributed by atoms with E-state index in [2.05, 4.69) is 6.58 Å². The fourth-order valence-electron chi connectivity index (χ4n) is 0.607. The first kappa shape index (κ1) is 12.4. The highest BCUT2D eigenvalue weighted by Gasteiger charge is 2.08. The van der Waals surface area contributed by atoms with E-state index in [1.54, 1.807) is 13.2 Å². The summed E-state index contributed by atoms with van der Waals surface area (Å²) in [4.78, 5) is 10.9. The highest BCUT2D eigenvalue weighted by atomic mass is 32.2. The Labute approximate surface area is 81.6 Å². The zero-order valence-corrected chi connectivity index (χ0v) is 9.15. The first-order valence-corrected chi connectivity index (χ1v) is 5.72. The van der Waals surface area contributed by atoms with Gasteiger partial charge in [-0.05, 0) is 13.3 Å². The van der Waals surface area contributed by atoms with E-state index < -0.39 is 10.8 Å². The maximum atomic E-state index is 10.9. The van der Waals surface area contributed by atoms with Crippen molar-refractivity contribution >= 4 is 16.8 Å². The fraction of sp³-hybridized carbons (Fsp3) is 0.667. The molecule has 4 heteroatoms. The molecular formula is C9H16O3S. The zero-order valence-electron chi connectivity index (χ0n) is 8.33. The number of esters is 1. The Bertz CT molecular complexity index is 223. The quantitative estimate of drug-likeness (QED) is 0.500. The van der Waals surface area contributed by atoms with Gasteiger partial charge in [-0.25, -0.2) is 4.79 Å². The standard InChI is InChI=1S/C9H16O3S/c1-7(2)9(10)12-6-5-8(3)13(4)11/h8H,1,5-6H2,2-4H3. The summed E-state index contributed by atoms with van der Waals surface area (Å²) in [5, 5.41) is 0.0675. The molecule has 0 aromatic heterocycles. The second-order valence-electron chi connectivity index (χ2n) is 3.01.